The number of hydrogen-bond acceptors (Lipinski definition) is 6. The van der Waals surface area contributed by atoms with Crippen molar-refractivity contribution in [2.75, 3.05) is 5.32 Å². The molecule has 1 aromatic heterocycles. The van der Waals surface area contributed by atoms with Crippen LogP contribution in [0.25, 0.3) is 0 Å². The molecule has 2 amide bonds. The van der Waals surface area contributed by atoms with Crippen molar-refractivity contribution in [1.29, 1.82) is 0 Å². The molecule has 0 aliphatic heterocycles. The van der Waals surface area contributed by atoms with Gasteiger partial charge in [0, 0.05) is 5.54 Å². The summed E-state index contributed by atoms with van der Waals surface area (Å²) >= 11 is 0. The number of aromatic amines is 1. The number of anilines is 1. The van der Waals surface area contributed by atoms with Crippen molar-refractivity contribution in [1.82, 2.24) is 25.9 Å². The molecule has 0 fully saturated rings. The van der Waals surface area contributed by atoms with Crippen LogP contribution in [0.5, 0.6) is 5.75 Å². The minimum atomic E-state index is -0.638. The second kappa shape index (κ2) is 5.80. The number of benzene rings is 1. The topological polar surface area (TPSA) is 133 Å². The van der Waals surface area contributed by atoms with Crippen LogP contribution in [0.15, 0.2) is 18.2 Å². The number of phenols is 1. The highest BCUT2D eigenvalue weighted by atomic mass is 16.3. The molecule has 9 nitrogen and oxygen atoms in total. The van der Waals surface area contributed by atoms with Crippen molar-refractivity contribution in [2.24, 2.45) is 0 Å². The number of H-pyrrole nitrogens is 1. The van der Waals surface area contributed by atoms with E-state index >= 15 is 0 Å². The van der Waals surface area contributed by atoms with Crippen LogP contribution in [-0.4, -0.2) is 43.1 Å². The lowest BCUT2D eigenvalue weighted by Gasteiger charge is -2.21. The first-order valence-electron chi connectivity index (χ1n) is 6.47. The Bertz CT molecular complexity index is 690. The van der Waals surface area contributed by atoms with Crippen LogP contribution in [0.3, 0.4) is 0 Å². The van der Waals surface area contributed by atoms with Gasteiger partial charge in [-0.25, -0.2) is 5.10 Å². The molecule has 0 aliphatic rings. The van der Waals surface area contributed by atoms with Gasteiger partial charge in [-0.15, -0.1) is 0 Å². The molecule has 22 heavy (non-hydrogen) atoms. The number of aromatic nitrogens is 4. The molecule has 1 heterocycles. The van der Waals surface area contributed by atoms with Gasteiger partial charge in [0.15, 0.2) is 0 Å². The molecule has 0 saturated heterocycles. The molecule has 1 aromatic carbocycles. The number of rotatable bonds is 3. The van der Waals surface area contributed by atoms with Crippen LogP contribution in [0, 0.1) is 0 Å². The van der Waals surface area contributed by atoms with Crippen LogP contribution in [-0.2, 0) is 0 Å². The molecule has 0 saturated carbocycles. The Labute approximate surface area is 126 Å². The molecule has 0 bridgehead atoms. The Morgan fingerprint density at radius 3 is 2.36 bits per heavy atom. The van der Waals surface area contributed by atoms with E-state index in [0.29, 0.717) is 0 Å². The maximum atomic E-state index is 12.1. The van der Waals surface area contributed by atoms with Gasteiger partial charge < -0.3 is 10.4 Å². The van der Waals surface area contributed by atoms with Crippen LogP contribution in [0.4, 0.5) is 5.95 Å². The van der Waals surface area contributed by atoms with Gasteiger partial charge in [0.25, 0.3) is 11.8 Å². The number of carbonyl (C=O) groups excluding carboxylic acids is 2. The van der Waals surface area contributed by atoms with Gasteiger partial charge in [-0.2, -0.15) is 0 Å². The summed E-state index contributed by atoms with van der Waals surface area (Å²) in [4.78, 5) is 24.2. The van der Waals surface area contributed by atoms with E-state index in [2.05, 4.69) is 31.3 Å². The highest BCUT2D eigenvalue weighted by Gasteiger charge is 2.22. The molecule has 0 atom stereocenters. The second-order valence-electron chi connectivity index (χ2n) is 5.61. The number of carbonyl (C=O) groups is 2. The summed E-state index contributed by atoms with van der Waals surface area (Å²) in [6, 6.07) is 4.33. The van der Waals surface area contributed by atoms with Crippen molar-refractivity contribution >= 4 is 17.8 Å². The highest BCUT2D eigenvalue weighted by molar-refractivity contribution is 6.08. The zero-order chi connectivity index (χ0) is 16.3. The average Bonchev–Trinajstić information content (AvgIpc) is 2.89. The molecule has 0 unspecified atom stereocenters. The van der Waals surface area contributed by atoms with Gasteiger partial charge in [0.2, 0.25) is 5.95 Å². The first-order chi connectivity index (χ1) is 10.3. The van der Waals surface area contributed by atoms with Crippen molar-refractivity contribution in [3.05, 3.63) is 29.3 Å². The average molecular weight is 304 g/mol. The Hall–Kier alpha value is -2.97. The lowest BCUT2D eigenvalue weighted by atomic mass is 10.0. The fraction of sp³-hybridized carbons (Fsp3) is 0.308. The Morgan fingerprint density at radius 1 is 1.18 bits per heavy atom. The van der Waals surface area contributed by atoms with Crippen LogP contribution in [0.1, 0.15) is 41.5 Å². The van der Waals surface area contributed by atoms with Gasteiger partial charge in [0.05, 0.1) is 11.1 Å². The number of phenolic OH excluding ortho intramolecular Hbond substituents is 1. The first kappa shape index (κ1) is 15.4. The van der Waals surface area contributed by atoms with Gasteiger partial charge in [-0.1, -0.05) is 11.2 Å². The summed E-state index contributed by atoms with van der Waals surface area (Å²) in [5.74, 6) is -1.48. The van der Waals surface area contributed by atoms with E-state index < -0.39 is 23.1 Å². The summed E-state index contributed by atoms with van der Waals surface area (Å²) in [5.41, 5.74) is -0.510. The summed E-state index contributed by atoms with van der Waals surface area (Å²) in [5, 5.41) is 27.8. The molecular weight excluding hydrogens is 288 g/mol. The zero-order valence-electron chi connectivity index (χ0n) is 12.3. The number of aromatic hydroxyl groups is 1. The summed E-state index contributed by atoms with van der Waals surface area (Å²) < 4.78 is 0. The standard InChI is InChI=1S/C13H16N6O3/c1-13(2,3)15-11(22)8-6-4-5-7(9(8)20)10(21)14-12-16-18-19-17-12/h4-6,20H,1-3H3,(H,15,22)(H2,14,16,17,18,19,21). The van der Waals surface area contributed by atoms with Gasteiger partial charge in [-0.3, -0.25) is 14.9 Å². The number of para-hydroxylation sites is 1. The Morgan fingerprint density at radius 2 is 1.82 bits per heavy atom. The van der Waals surface area contributed by atoms with E-state index in [1.54, 1.807) is 0 Å². The Kier molecular flexibility index (Phi) is 4.06. The van der Waals surface area contributed by atoms with E-state index in [-0.39, 0.29) is 17.1 Å². The van der Waals surface area contributed by atoms with E-state index in [1.807, 2.05) is 20.8 Å². The third-order valence-electron chi connectivity index (χ3n) is 2.59. The van der Waals surface area contributed by atoms with Crippen molar-refractivity contribution < 1.29 is 14.7 Å². The van der Waals surface area contributed by atoms with Crippen LogP contribution in [0.2, 0.25) is 0 Å². The molecular formula is C13H16N6O3. The predicted octanol–water partition coefficient (Wildman–Crippen LogP) is 0.686. The summed E-state index contributed by atoms with van der Waals surface area (Å²) in [6.07, 6.45) is 0. The smallest absolute Gasteiger partial charge is 0.261 e. The molecule has 0 aliphatic carbocycles. The van der Waals surface area contributed by atoms with E-state index in [0.717, 1.165) is 0 Å². The number of hydrogen-bond donors (Lipinski definition) is 4. The quantitative estimate of drug-likeness (QED) is 0.659. The van der Waals surface area contributed by atoms with Gasteiger partial charge in [0.1, 0.15) is 5.75 Å². The van der Waals surface area contributed by atoms with E-state index in [4.69, 9.17) is 0 Å². The Balaban J connectivity index is 2.25. The molecule has 116 valence electrons. The van der Waals surface area contributed by atoms with Gasteiger partial charge in [-0.05, 0) is 43.3 Å². The number of tetrazole rings is 1. The van der Waals surface area contributed by atoms with Crippen molar-refractivity contribution in [2.45, 2.75) is 26.3 Å². The summed E-state index contributed by atoms with van der Waals surface area (Å²) in [6.45, 7) is 5.44. The lowest BCUT2D eigenvalue weighted by Crippen LogP contribution is -2.40. The third kappa shape index (κ3) is 3.57. The minimum absolute atomic E-state index is 0.0123. The normalized spacial score (nSPS) is 11.0. The molecule has 0 radical (unpaired) electrons. The molecule has 9 heteroatoms. The van der Waals surface area contributed by atoms with Crippen LogP contribution < -0.4 is 10.6 Å². The maximum Gasteiger partial charge on any atom is 0.261 e. The predicted molar refractivity (Wildman–Crippen MR) is 77.5 cm³/mol. The molecule has 4 N–H and O–H groups in total. The second-order valence-corrected chi connectivity index (χ2v) is 5.61. The fourth-order valence-corrected chi connectivity index (χ4v) is 1.70. The summed E-state index contributed by atoms with van der Waals surface area (Å²) in [7, 11) is 0. The number of nitrogens with one attached hydrogen (secondary N) is 3. The number of nitrogens with zero attached hydrogens (tertiary/aromatic N) is 3. The molecule has 0 spiro atoms. The SMILES string of the molecule is CC(C)(C)NC(=O)c1cccc(C(=O)Nc2nnn[nH]2)c1O. The molecule has 2 aromatic rings. The minimum Gasteiger partial charge on any atom is -0.506 e. The third-order valence-corrected chi connectivity index (χ3v) is 2.59. The monoisotopic (exact) mass is 304 g/mol. The van der Waals surface area contributed by atoms with Crippen molar-refractivity contribution in [3.63, 3.8) is 0 Å². The number of amides is 2. The largest absolute Gasteiger partial charge is 0.506 e. The van der Waals surface area contributed by atoms with E-state index in [9.17, 15) is 14.7 Å². The van der Waals surface area contributed by atoms with Crippen molar-refractivity contribution in [3.8, 4) is 5.75 Å². The van der Waals surface area contributed by atoms with Crippen LogP contribution >= 0.6 is 0 Å². The molecule has 2 rings (SSSR count). The fourth-order valence-electron chi connectivity index (χ4n) is 1.70. The first-order valence-corrected chi connectivity index (χ1v) is 6.47. The lowest BCUT2D eigenvalue weighted by molar-refractivity contribution is 0.0917. The highest BCUT2D eigenvalue weighted by Crippen LogP contribution is 2.23. The van der Waals surface area contributed by atoms with E-state index in [1.165, 1.54) is 18.2 Å². The zero-order valence-corrected chi connectivity index (χ0v) is 12.3. The maximum absolute atomic E-state index is 12.1. The van der Waals surface area contributed by atoms with Gasteiger partial charge >= 0.3 is 0 Å².